The summed E-state index contributed by atoms with van der Waals surface area (Å²) in [5, 5.41) is 2.88. The van der Waals surface area contributed by atoms with E-state index < -0.39 is 0 Å². The molecule has 5 heteroatoms. The van der Waals surface area contributed by atoms with Crippen LogP contribution in [0.2, 0.25) is 0 Å². The van der Waals surface area contributed by atoms with Crippen LogP contribution in [0.3, 0.4) is 0 Å². The molecule has 0 aliphatic carbocycles. The van der Waals surface area contributed by atoms with E-state index in [1.807, 2.05) is 19.1 Å². The van der Waals surface area contributed by atoms with Crippen molar-refractivity contribution < 1.29 is 18.7 Å². The Balaban J connectivity index is 2.05. The van der Waals surface area contributed by atoms with Gasteiger partial charge in [0.25, 0.3) is 0 Å². The lowest BCUT2D eigenvalue weighted by atomic mass is 10.1. The molecule has 1 aromatic heterocycles. The third kappa shape index (κ3) is 3.91. The minimum Gasteiger partial charge on any atom is -0.497 e. The lowest BCUT2D eigenvalue weighted by Gasteiger charge is -2.17. The zero-order valence-electron chi connectivity index (χ0n) is 12.8. The first-order valence-corrected chi connectivity index (χ1v) is 6.88. The molecule has 2 rings (SSSR count). The molecule has 5 nitrogen and oxygen atoms in total. The van der Waals surface area contributed by atoms with Crippen molar-refractivity contribution in [1.29, 1.82) is 0 Å². The highest BCUT2D eigenvalue weighted by Crippen LogP contribution is 2.29. The van der Waals surface area contributed by atoms with E-state index in [0.717, 1.165) is 5.56 Å². The van der Waals surface area contributed by atoms with Crippen molar-refractivity contribution in [2.45, 2.75) is 13.0 Å². The Hall–Kier alpha value is -2.69. The predicted molar refractivity (Wildman–Crippen MR) is 83.8 cm³/mol. The van der Waals surface area contributed by atoms with E-state index in [0.29, 0.717) is 17.3 Å². The van der Waals surface area contributed by atoms with Crippen molar-refractivity contribution in [2.75, 3.05) is 14.2 Å². The molecule has 0 aliphatic rings. The van der Waals surface area contributed by atoms with Crippen LogP contribution in [0.4, 0.5) is 0 Å². The second kappa shape index (κ2) is 7.36. The lowest BCUT2D eigenvalue weighted by molar-refractivity contribution is -0.117. The van der Waals surface area contributed by atoms with Gasteiger partial charge in [0.1, 0.15) is 17.3 Å². The van der Waals surface area contributed by atoms with E-state index >= 15 is 0 Å². The predicted octanol–water partition coefficient (Wildman–Crippen LogP) is 3.19. The third-order valence-corrected chi connectivity index (χ3v) is 3.21. The van der Waals surface area contributed by atoms with Crippen LogP contribution in [-0.2, 0) is 4.79 Å². The number of rotatable bonds is 6. The fourth-order valence-corrected chi connectivity index (χ4v) is 2.06. The molecule has 2 aromatic rings. The molecule has 0 saturated carbocycles. The largest absolute Gasteiger partial charge is 0.497 e. The standard InChI is InChI=1S/C17H19NO4/c1-12(15-8-6-14(20-2)11-16(15)21-3)18-17(19)9-7-13-5-4-10-22-13/h4-12H,1-3H3,(H,18,19)/b9-7+. The molecule has 0 saturated heterocycles. The van der Waals surface area contributed by atoms with E-state index in [2.05, 4.69) is 5.32 Å². The quantitative estimate of drug-likeness (QED) is 0.832. The Labute approximate surface area is 129 Å². The van der Waals surface area contributed by atoms with E-state index in [4.69, 9.17) is 13.9 Å². The number of hydrogen-bond acceptors (Lipinski definition) is 4. The summed E-state index contributed by atoms with van der Waals surface area (Å²) in [5.41, 5.74) is 0.878. The van der Waals surface area contributed by atoms with Crippen molar-refractivity contribution in [2.24, 2.45) is 0 Å². The molecule has 1 N–H and O–H groups in total. The van der Waals surface area contributed by atoms with Gasteiger partial charge in [-0.1, -0.05) is 0 Å². The van der Waals surface area contributed by atoms with Crippen LogP contribution in [0, 0.1) is 0 Å². The molecule has 0 aliphatic heterocycles. The molecular formula is C17H19NO4. The molecule has 1 atom stereocenters. The van der Waals surface area contributed by atoms with Crippen LogP contribution >= 0.6 is 0 Å². The molecule has 1 heterocycles. The van der Waals surface area contributed by atoms with Crippen molar-refractivity contribution >= 4 is 12.0 Å². The van der Waals surface area contributed by atoms with Gasteiger partial charge in [-0.05, 0) is 37.3 Å². The van der Waals surface area contributed by atoms with Gasteiger partial charge in [0, 0.05) is 17.7 Å². The summed E-state index contributed by atoms with van der Waals surface area (Å²) in [7, 11) is 3.18. The van der Waals surface area contributed by atoms with E-state index in [1.165, 1.54) is 6.08 Å². The van der Waals surface area contributed by atoms with E-state index in [1.54, 1.807) is 44.8 Å². The smallest absolute Gasteiger partial charge is 0.244 e. The summed E-state index contributed by atoms with van der Waals surface area (Å²) in [6.07, 6.45) is 4.61. The highest BCUT2D eigenvalue weighted by molar-refractivity contribution is 5.91. The molecule has 116 valence electrons. The number of hydrogen-bond donors (Lipinski definition) is 1. The summed E-state index contributed by atoms with van der Waals surface area (Å²) >= 11 is 0. The first-order valence-electron chi connectivity index (χ1n) is 6.88. The fourth-order valence-electron chi connectivity index (χ4n) is 2.06. The Morgan fingerprint density at radius 2 is 2.09 bits per heavy atom. The first-order chi connectivity index (χ1) is 10.6. The van der Waals surface area contributed by atoms with Gasteiger partial charge >= 0.3 is 0 Å². The number of benzene rings is 1. The van der Waals surface area contributed by atoms with Crippen LogP contribution < -0.4 is 14.8 Å². The number of amides is 1. The molecule has 1 amide bonds. The maximum atomic E-state index is 11.9. The minimum absolute atomic E-state index is 0.199. The van der Waals surface area contributed by atoms with Crippen LogP contribution in [0.5, 0.6) is 11.5 Å². The van der Waals surface area contributed by atoms with Gasteiger partial charge < -0.3 is 19.2 Å². The highest BCUT2D eigenvalue weighted by atomic mass is 16.5. The summed E-state index contributed by atoms with van der Waals surface area (Å²) in [5.74, 6) is 1.80. The second-order valence-corrected chi connectivity index (χ2v) is 4.69. The molecule has 0 bridgehead atoms. The van der Waals surface area contributed by atoms with Crippen LogP contribution in [0.25, 0.3) is 6.08 Å². The highest BCUT2D eigenvalue weighted by Gasteiger charge is 2.13. The van der Waals surface area contributed by atoms with Crippen LogP contribution in [0.15, 0.2) is 47.1 Å². The second-order valence-electron chi connectivity index (χ2n) is 4.69. The maximum Gasteiger partial charge on any atom is 0.244 e. The molecule has 1 unspecified atom stereocenters. The van der Waals surface area contributed by atoms with Gasteiger partial charge in [0.15, 0.2) is 0 Å². The van der Waals surface area contributed by atoms with Crippen molar-refractivity contribution in [3.05, 3.63) is 54.0 Å². The summed E-state index contributed by atoms with van der Waals surface area (Å²) in [6, 6.07) is 8.84. The topological polar surface area (TPSA) is 60.7 Å². The number of ether oxygens (including phenoxy) is 2. The van der Waals surface area contributed by atoms with E-state index in [-0.39, 0.29) is 11.9 Å². The molecule has 22 heavy (non-hydrogen) atoms. The Morgan fingerprint density at radius 3 is 2.73 bits per heavy atom. The average Bonchev–Trinajstić information content (AvgIpc) is 3.05. The minimum atomic E-state index is -0.207. The molecule has 1 aromatic carbocycles. The number of carbonyl (C=O) groups is 1. The summed E-state index contributed by atoms with van der Waals surface area (Å²) < 4.78 is 15.6. The summed E-state index contributed by atoms with van der Waals surface area (Å²) in [4.78, 5) is 11.9. The lowest BCUT2D eigenvalue weighted by Crippen LogP contribution is -2.25. The Kier molecular flexibility index (Phi) is 5.25. The SMILES string of the molecule is COc1ccc(C(C)NC(=O)/C=C/c2ccco2)c(OC)c1. The van der Waals surface area contributed by atoms with Gasteiger partial charge in [-0.3, -0.25) is 4.79 Å². The van der Waals surface area contributed by atoms with Crippen molar-refractivity contribution in [3.63, 3.8) is 0 Å². The monoisotopic (exact) mass is 301 g/mol. The zero-order chi connectivity index (χ0) is 15.9. The van der Waals surface area contributed by atoms with Crippen LogP contribution in [-0.4, -0.2) is 20.1 Å². The van der Waals surface area contributed by atoms with Gasteiger partial charge in [-0.25, -0.2) is 0 Å². The summed E-state index contributed by atoms with van der Waals surface area (Å²) in [6.45, 7) is 1.89. The van der Waals surface area contributed by atoms with Gasteiger partial charge in [0.2, 0.25) is 5.91 Å². The van der Waals surface area contributed by atoms with Crippen LogP contribution in [0.1, 0.15) is 24.3 Å². The first kappa shape index (κ1) is 15.7. The third-order valence-electron chi connectivity index (χ3n) is 3.21. The number of furan rings is 1. The van der Waals surface area contributed by atoms with Gasteiger partial charge in [-0.2, -0.15) is 0 Å². The molecular weight excluding hydrogens is 282 g/mol. The number of carbonyl (C=O) groups excluding carboxylic acids is 1. The average molecular weight is 301 g/mol. The molecule has 0 spiro atoms. The van der Waals surface area contributed by atoms with E-state index in [9.17, 15) is 4.79 Å². The fraction of sp³-hybridized carbons (Fsp3) is 0.235. The maximum absolute atomic E-state index is 11.9. The normalized spacial score (nSPS) is 12.1. The zero-order valence-corrected chi connectivity index (χ0v) is 12.8. The Bertz CT molecular complexity index is 647. The molecule has 0 radical (unpaired) electrons. The number of methoxy groups -OCH3 is 2. The van der Waals surface area contributed by atoms with Gasteiger partial charge in [-0.15, -0.1) is 0 Å². The van der Waals surface area contributed by atoms with Gasteiger partial charge in [0.05, 0.1) is 26.5 Å². The van der Waals surface area contributed by atoms with Crippen molar-refractivity contribution in [3.8, 4) is 11.5 Å². The Morgan fingerprint density at radius 1 is 1.27 bits per heavy atom. The molecule has 0 fully saturated rings. The van der Waals surface area contributed by atoms with Crippen molar-refractivity contribution in [1.82, 2.24) is 5.32 Å². The number of nitrogens with one attached hydrogen (secondary N) is 1.